The third-order valence-electron chi connectivity index (χ3n) is 6.56. The van der Waals surface area contributed by atoms with E-state index in [2.05, 4.69) is 90.5 Å². The Bertz CT molecular complexity index is 1060. The van der Waals surface area contributed by atoms with Gasteiger partial charge in [-0.05, 0) is 73.7 Å². The molecule has 3 aromatic rings. The Labute approximate surface area is 192 Å². The molecule has 1 aliphatic carbocycles. The smallest absolute Gasteiger partial charge is 0.225 e. The molecule has 0 unspecified atom stereocenters. The fraction of sp³-hybridized carbons (Fsp3) is 0.393. The number of nitrogens with one attached hydrogen (secondary N) is 1. The van der Waals surface area contributed by atoms with Gasteiger partial charge in [0, 0.05) is 50.0 Å². The lowest BCUT2D eigenvalue weighted by atomic mass is 10.0. The molecule has 32 heavy (non-hydrogen) atoms. The van der Waals surface area contributed by atoms with Crippen molar-refractivity contribution >= 4 is 28.1 Å². The van der Waals surface area contributed by atoms with Gasteiger partial charge < -0.3 is 10.2 Å². The molecule has 0 radical (unpaired) electrons. The predicted molar refractivity (Wildman–Crippen MR) is 135 cm³/mol. The highest BCUT2D eigenvalue weighted by Gasteiger charge is 2.29. The molecule has 0 heterocycles. The highest BCUT2D eigenvalue weighted by atomic mass is 16.1. The van der Waals surface area contributed by atoms with E-state index in [4.69, 9.17) is 0 Å². The van der Waals surface area contributed by atoms with E-state index in [0.29, 0.717) is 12.5 Å². The minimum absolute atomic E-state index is 0.0901. The van der Waals surface area contributed by atoms with Gasteiger partial charge in [-0.2, -0.15) is 0 Å². The molecule has 0 spiro atoms. The monoisotopic (exact) mass is 429 g/mol. The van der Waals surface area contributed by atoms with Crippen molar-refractivity contribution < 1.29 is 4.79 Å². The highest BCUT2D eigenvalue weighted by molar-refractivity contribution is 5.92. The van der Waals surface area contributed by atoms with E-state index < -0.39 is 0 Å². The van der Waals surface area contributed by atoms with Crippen molar-refractivity contribution in [1.82, 2.24) is 4.90 Å². The van der Waals surface area contributed by atoms with E-state index in [1.165, 1.54) is 34.9 Å². The summed E-state index contributed by atoms with van der Waals surface area (Å²) in [6, 6.07) is 22.0. The van der Waals surface area contributed by atoms with Crippen LogP contribution in [0.3, 0.4) is 0 Å². The maximum atomic E-state index is 12.8. The van der Waals surface area contributed by atoms with Gasteiger partial charge in [0.15, 0.2) is 0 Å². The summed E-state index contributed by atoms with van der Waals surface area (Å²) in [4.78, 5) is 17.6. The lowest BCUT2D eigenvalue weighted by Crippen LogP contribution is -2.29. The lowest BCUT2D eigenvalue weighted by Gasteiger charge is -2.23. The summed E-state index contributed by atoms with van der Waals surface area (Å²) in [5, 5.41) is 5.73. The molecule has 0 atom stereocenters. The van der Waals surface area contributed by atoms with Gasteiger partial charge in [-0.15, -0.1) is 0 Å². The highest BCUT2D eigenvalue weighted by Crippen LogP contribution is 2.30. The summed E-state index contributed by atoms with van der Waals surface area (Å²) in [5.74, 6) is 0.0901. The molecule has 4 rings (SSSR count). The van der Waals surface area contributed by atoms with E-state index in [0.717, 1.165) is 37.4 Å². The fourth-order valence-electron chi connectivity index (χ4n) is 4.51. The summed E-state index contributed by atoms with van der Waals surface area (Å²) in [6.07, 6.45) is 2.98. The zero-order valence-corrected chi connectivity index (χ0v) is 19.6. The number of amides is 1. The van der Waals surface area contributed by atoms with Gasteiger partial charge in [0.05, 0.1) is 0 Å². The number of carbonyl (C=O) groups is 1. The van der Waals surface area contributed by atoms with Crippen LogP contribution in [0, 0.1) is 6.92 Å². The molecule has 4 heteroatoms. The quantitative estimate of drug-likeness (QED) is 0.430. The topological polar surface area (TPSA) is 35.6 Å². The van der Waals surface area contributed by atoms with Crippen LogP contribution in [0.1, 0.15) is 44.2 Å². The normalized spacial score (nSPS) is 13.5. The molecule has 4 nitrogen and oxygen atoms in total. The van der Waals surface area contributed by atoms with Crippen molar-refractivity contribution in [3.63, 3.8) is 0 Å². The number of nitrogens with zero attached hydrogens (tertiary/aromatic N) is 2. The zero-order valence-electron chi connectivity index (χ0n) is 19.6. The molecule has 1 fully saturated rings. The Kier molecular flexibility index (Phi) is 7.11. The second-order valence-corrected chi connectivity index (χ2v) is 8.81. The lowest BCUT2D eigenvalue weighted by molar-refractivity contribution is -0.116. The summed E-state index contributed by atoms with van der Waals surface area (Å²) in [7, 11) is 0. The number of rotatable bonds is 10. The van der Waals surface area contributed by atoms with Gasteiger partial charge in [0.25, 0.3) is 0 Å². The number of fused-ring (bicyclic) bond motifs is 1. The van der Waals surface area contributed by atoms with Crippen LogP contribution in [0.25, 0.3) is 10.8 Å². The van der Waals surface area contributed by atoms with Crippen LogP contribution in [0.15, 0.2) is 60.7 Å². The van der Waals surface area contributed by atoms with Crippen molar-refractivity contribution in [2.75, 3.05) is 29.9 Å². The maximum absolute atomic E-state index is 12.8. The summed E-state index contributed by atoms with van der Waals surface area (Å²) < 4.78 is 0. The van der Waals surface area contributed by atoms with Gasteiger partial charge in [-0.1, -0.05) is 42.5 Å². The maximum Gasteiger partial charge on any atom is 0.225 e. The molecule has 1 N–H and O–H groups in total. The number of hydrogen-bond acceptors (Lipinski definition) is 3. The van der Waals surface area contributed by atoms with Gasteiger partial charge in [-0.3, -0.25) is 9.69 Å². The van der Waals surface area contributed by atoms with Gasteiger partial charge in [-0.25, -0.2) is 0 Å². The van der Waals surface area contributed by atoms with E-state index in [-0.39, 0.29) is 5.91 Å². The number of anilines is 2. The van der Waals surface area contributed by atoms with Crippen LogP contribution in [0.2, 0.25) is 0 Å². The van der Waals surface area contributed by atoms with E-state index in [1.807, 2.05) is 6.07 Å². The van der Waals surface area contributed by atoms with E-state index in [1.54, 1.807) is 0 Å². The van der Waals surface area contributed by atoms with Crippen molar-refractivity contribution in [2.24, 2.45) is 0 Å². The van der Waals surface area contributed by atoms with Crippen LogP contribution >= 0.6 is 0 Å². The average molecular weight is 430 g/mol. The first-order chi connectivity index (χ1) is 15.6. The standard InChI is InChI=1S/C28H35N3O/c1-4-30(5-2)25-15-16-27(21(3)19-25)29-28(32)17-18-31(24-13-14-24)20-23-11-8-10-22-9-6-7-12-26(22)23/h6-12,15-16,19,24H,4-5,13-14,17-18,20H2,1-3H3,(H,29,32). The second kappa shape index (κ2) is 10.2. The Morgan fingerprint density at radius 3 is 2.47 bits per heavy atom. The Morgan fingerprint density at radius 2 is 1.75 bits per heavy atom. The van der Waals surface area contributed by atoms with E-state index in [9.17, 15) is 4.79 Å². The minimum atomic E-state index is 0.0901. The average Bonchev–Trinajstić information content (AvgIpc) is 3.65. The Morgan fingerprint density at radius 1 is 1.00 bits per heavy atom. The summed E-state index contributed by atoms with van der Waals surface area (Å²) >= 11 is 0. The van der Waals surface area contributed by atoms with E-state index >= 15 is 0 Å². The number of benzene rings is 3. The molecule has 3 aromatic carbocycles. The molecule has 1 saturated carbocycles. The second-order valence-electron chi connectivity index (χ2n) is 8.81. The van der Waals surface area contributed by atoms with Crippen LogP contribution in [0.5, 0.6) is 0 Å². The minimum Gasteiger partial charge on any atom is -0.372 e. The van der Waals surface area contributed by atoms with Crippen LogP contribution < -0.4 is 10.2 Å². The van der Waals surface area contributed by atoms with Gasteiger partial charge in [0.2, 0.25) is 5.91 Å². The Hall–Kier alpha value is -2.85. The van der Waals surface area contributed by atoms with Crippen molar-refractivity contribution in [2.45, 2.75) is 52.6 Å². The first-order valence-electron chi connectivity index (χ1n) is 11.9. The molecular weight excluding hydrogens is 394 g/mol. The summed E-state index contributed by atoms with van der Waals surface area (Å²) in [6.45, 7) is 10.0. The fourth-order valence-corrected chi connectivity index (χ4v) is 4.51. The molecule has 1 amide bonds. The van der Waals surface area contributed by atoms with Crippen molar-refractivity contribution in [3.8, 4) is 0 Å². The number of carbonyl (C=O) groups excluding carboxylic acids is 1. The number of hydrogen-bond donors (Lipinski definition) is 1. The molecule has 0 bridgehead atoms. The van der Waals surface area contributed by atoms with Crippen LogP contribution in [-0.4, -0.2) is 36.5 Å². The van der Waals surface area contributed by atoms with Gasteiger partial charge in [0.1, 0.15) is 0 Å². The molecular formula is C28H35N3O. The van der Waals surface area contributed by atoms with Crippen LogP contribution in [-0.2, 0) is 11.3 Å². The molecule has 0 saturated heterocycles. The largest absolute Gasteiger partial charge is 0.372 e. The molecule has 0 aromatic heterocycles. The molecule has 1 aliphatic rings. The Balaban J connectivity index is 1.38. The molecule has 0 aliphatic heterocycles. The predicted octanol–water partition coefficient (Wildman–Crippen LogP) is 5.99. The molecule has 168 valence electrons. The first-order valence-corrected chi connectivity index (χ1v) is 11.9. The zero-order chi connectivity index (χ0) is 22.5. The SMILES string of the molecule is CCN(CC)c1ccc(NC(=O)CCN(Cc2cccc3ccccc23)C2CC2)c(C)c1. The van der Waals surface area contributed by atoms with Crippen molar-refractivity contribution in [3.05, 3.63) is 71.8 Å². The number of aryl methyl sites for hydroxylation is 1. The van der Waals surface area contributed by atoms with Gasteiger partial charge >= 0.3 is 0 Å². The summed E-state index contributed by atoms with van der Waals surface area (Å²) in [5.41, 5.74) is 4.58. The first kappa shape index (κ1) is 22.3. The van der Waals surface area contributed by atoms with Crippen molar-refractivity contribution in [1.29, 1.82) is 0 Å². The van der Waals surface area contributed by atoms with Crippen LogP contribution in [0.4, 0.5) is 11.4 Å². The third kappa shape index (κ3) is 5.31. The third-order valence-corrected chi connectivity index (χ3v) is 6.56.